The van der Waals surface area contributed by atoms with Gasteiger partial charge in [-0.25, -0.2) is 4.79 Å². The van der Waals surface area contributed by atoms with Crippen LogP contribution in [0.1, 0.15) is 10.4 Å². The number of phenols is 1. The molecule has 17 heavy (non-hydrogen) atoms. The van der Waals surface area contributed by atoms with Crippen LogP contribution in [0.4, 0.5) is 0 Å². The third-order valence-electron chi connectivity index (χ3n) is 2.12. The Morgan fingerprint density at radius 1 is 1.29 bits per heavy atom. The molecule has 0 radical (unpaired) electrons. The van der Waals surface area contributed by atoms with Crippen molar-refractivity contribution in [1.82, 2.24) is 0 Å². The standard InChI is InChI=1S/C12H17NO3.K.H/c1-13(2,3)8-9-16-12(15)10-6-4-5-7-11(10)14;;/h4-7H,8-9H2,1-3H3;;/p+1. The number of quaternary nitrogens is 1. The number of para-hydroxylation sites is 1. The van der Waals surface area contributed by atoms with Gasteiger partial charge in [0.2, 0.25) is 0 Å². The fraction of sp³-hybridized carbons (Fsp3) is 0.417. The van der Waals surface area contributed by atoms with Crippen molar-refractivity contribution in [2.75, 3.05) is 34.3 Å². The molecule has 0 bridgehead atoms. The van der Waals surface area contributed by atoms with E-state index in [2.05, 4.69) is 0 Å². The Bertz CT molecular complexity index is 374. The summed E-state index contributed by atoms with van der Waals surface area (Å²) in [7, 11) is 6.06. The Hall–Kier alpha value is 0.0864. The topological polar surface area (TPSA) is 46.5 Å². The predicted octanol–water partition coefficient (Wildman–Crippen LogP) is 0.607. The Morgan fingerprint density at radius 3 is 2.41 bits per heavy atom. The molecular weight excluding hydrogens is 245 g/mol. The van der Waals surface area contributed by atoms with Crippen LogP contribution in [0.2, 0.25) is 0 Å². The summed E-state index contributed by atoms with van der Waals surface area (Å²) in [6, 6.07) is 6.37. The molecule has 1 rings (SSSR count). The molecule has 0 saturated carbocycles. The summed E-state index contributed by atoms with van der Waals surface area (Å²) in [6.45, 7) is 1.08. The molecule has 4 nitrogen and oxygen atoms in total. The van der Waals surface area contributed by atoms with Gasteiger partial charge < -0.3 is 14.3 Å². The van der Waals surface area contributed by atoms with E-state index in [0.29, 0.717) is 6.61 Å². The molecule has 1 aromatic rings. The number of benzene rings is 1. The predicted molar refractivity (Wildman–Crippen MR) is 68.4 cm³/mol. The summed E-state index contributed by atoms with van der Waals surface area (Å²) in [4.78, 5) is 11.6. The number of likely N-dealkylation sites (N-methyl/N-ethyl adjacent to an activating group) is 1. The van der Waals surface area contributed by atoms with E-state index in [1.165, 1.54) is 6.07 Å². The Labute approximate surface area is 145 Å². The molecule has 0 saturated heterocycles. The maximum atomic E-state index is 11.6. The zero-order valence-electron chi connectivity index (χ0n) is 9.93. The number of aromatic hydroxyl groups is 1. The van der Waals surface area contributed by atoms with Crippen molar-refractivity contribution >= 4 is 57.4 Å². The Kier molecular flexibility index (Phi) is 7.54. The summed E-state index contributed by atoms with van der Waals surface area (Å²) in [5.74, 6) is -0.524. The van der Waals surface area contributed by atoms with Gasteiger partial charge in [-0.05, 0) is 12.1 Å². The SMILES string of the molecule is C[N+](C)(C)CCOC(=O)c1ccccc1O.[KH]. The van der Waals surface area contributed by atoms with Gasteiger partial charge in [-0.3, -0.25) is 0 Å². The summed E-state index contributed by atoms with van der Waals surface area (Å²) >= 11 is 0. The average molecular weight is 264 g/mol. The van der Waals surface area contributed by atoms with Crippen LogP contribution in [-0.2, 0) is 4.74 Å². The summed E-state index contributed by atoms with van der Waals surface area (Å²) in [6.07, 6.45) is 0. The van der Waals surface area contributed by atoms with Crippen LogP contribution in [0.5, 0.6) is 5.75 Å². The van der Waals surface area contributed by atoms with Crippen molar-refractivity contribution in [3.8, 4) is 5.75 Å². The monoisotopic (exact) mass is 264 g/mol. The first-order valence-electron chi connectivity index (χ1n) is 5.16. The number of hydrogen-bond acceptors (Lipinski definition) is 3. The average Bonchev–Trinajstić information content (AvgIpc) is 2.16. The number of nitrogens with zero attached hydrogens (tertiary/aromatic N) is 1. The van der Waals surface area contributed by atoms with Gasteiger partial charge in [0.1, 0.15) is 24.5 Å². The van der Waals surface area contributed by atoms with Crippen LogP contribution in [-0.4, -0.2) is 101 Å². The molecule has 0 heterocycles. The van der Waals surface area contributed by atoms with Crippen LogP contribution in [0.3, 0.4) is 0 Å². The van der Waals surface area contributed by atoms with Crippen molar-refractivity contribution in [3.63, 3.8) is 0 Å². The van der Waals surface area contributed by atoms with Gasteiger partial charge in [-0.2, -0.15) is 0 Å². The molecule has 0 amide bonds. The van der Waals surface area contributed by atoms with E-state index < -0.39 is 5.97 Å². The van der Waals surface area contributed by atoms with Gasteiger partial charge in [0.15, 0.2) is 0 Å². The van der Waals surface area contributed by atoms with E-state index in [4.69, 9.17) is 4.74 Å². The molecule has 0 unspecified atom stereocenters. The maximum absolute atomic E-state index is 11.6. The second-order valence-corrected chi connectivity index (χ2v) is 4.67. The number of ether oxygens (including phenoxy) is 1. The second kappa shape index (κ2) is 7.51. The van der Waals surface area contributed by atoms with Crippen LogP contribution in [0, 0.1) is 0 Å². The Balaban J connectivity index is 0.00000256. The number of esters is 1. The van der Waals surface area contributed by atoms with E-state index in [1.54, 1.807) is 18.2 Å². The number of carbonyl (C=O) groups excluding carboxylic acids is 1. The van der Waals surface area contributed by atoms with Gasteiger partial charge in [0.05, 0.1) is 21.1 Å². The molecule has 0 aliphatic carbocycles. The quantitative estimate of drug-likeness (QED) is 0.492. The zero-order valence-corrected chi connectivity index (χ0v) is 9.93. The van der Waals surface area contributed by atoms with Gasteiger partial charge in [0, 0.05) is 0 Å². The van der Waals surface area contributed by atoms with E-state index in [-0.39, 0.29) is 62.7 Å². The summed E-state index contributed by atoms with van der Waals surface area (Å²) < 4.78 is 5.80. The summed E-state index contributed by atoms with van der Waals surface area (Å²) in [5.41, 5.74) is 0.212. The van der Waals surface area contributed by atoms with E-state index in [0.717, 1.165) is 11.0 Å². The third kappa shape index (κ3) is 6.54. The van der Waals surface area contributed by atoms with Gasteiger partial charge >= 0.3 is 57.4 Å². The first-order valence-corrected chi connectivity index (χ1v) is 5.16. The molecule has 0 fully saturated rings. The van der Waals surface area contributed by atoms with Crippen LogP contribution < -0.4 is 0 Å². The van der Waals surface area contributed by atoms with Crippen molar-refractivity contribution in [2.24, 2.45) is 0 Å². The van der Waals surface area contributed by atoms with Gasteiger partial charge in [-0.15, -0.1) is 0 Å². The molecule has 0 aliphatic heterocycles. The normalized spacial score (nSPS) is 10.5. The number of carbonyl (C=O) groups is 1. The molecule has 0 atom stereocenters. The van der Waals surface area contributed by atoms with Crippen molar-refractivity contribution in [2.45, 2.75) is 0 Å². The number of phenolic OH excluding ortho intramolecular Hbond substituents is 1. The number of hydrogen-bond donors (Lipinski definition) is 1. The van der Waals surface area contributed by atoms with Gasteiger partial charge in [0.25, 0.3) is 0 Å². The first kappa shape index (κ1) is 17.1. The van der Waals surface area contributed by atoms with E-state index in [9.17, 15) is 9.90 Å². The second-order valence-electron chi connectivity index (χ2n) is 4.67. The van der Waals surface area contributed by atoms with Crippen LogP contribution in [0.15, 0.2) is 24.3 Å². The third-order valence-corrected chi connectivity index (χ3v) is 2.12. The molecule has 90 valence electrons. The van der Waals surface area contributed by atoms with Crippen molar-refractivity contribution in [3.05, 3.63) is 29.8 Å². The Morgan fingerprint density at radius 2 is 1.88 bits per heavy atom. The van der Waals surface area contributed by atoms with Crippen molar-refractivity contribution in [1.29, 1.82) is 0 Å². The zero-order chi connectivity index (χ0) is 12.2. The van der Waals surface area contributed by atoms with E-state index in [1.807, 2.05) is 21.1 Å². The number of rotatable bonds is 4. The minimum absolute atomic E-state index is 0. The molecule has 1 aromatic carbocycles. The summed E-state index contributed by atoms with van der Waals surface area (Å²) in [5, 5.41) is 9.44. The molecule has 5 heteroatoms. The van der Waals surface area contributed by atoms with E-state index >= 15 is 0 Å². The first-order chi connectivity index (χ1) is 7.40. The fourth-order valence-electron chi connectivity index (χ4n) is 1.14. The molecular formula is C12H19KNO3+. The fourth-order valence-corrected chi connectivity index (χ4v) is 1.14. The molecule has 0 spiro atoms. The van der Waals surface area contributed by atoms with Crippen LogP contribution in [0.25, 0.3) is 0 Å². The molecule has 0 aromatic heterocycles. The minimum atomic E-state index is -0.480. The molecule has 0 aliphatic rings. The van der Waals surface area contributed by atoms with Crippen molar-refractivity contribution < 1.29 is 19.1 Å². The van der Waals surface area contributed by atoms with Crippen LogP contribution >= 0.6 is 0 Å². The van der Waals surface area contributed by atoms with Gasteiger partial charge in [-0.1, -0.05) is 12.1 Å². The molecule has 1 N–H and O–H groups in total.